The molecule has 4 aromatic rings. The highest BCUT2D eigenvalue weighted by molar-refractivity contribution is 6.30. The molecule has 0 aliphatic rings. The lowest BCUT2D eigenvalue weighted by atomic mass is 10.2. The molecule has 2 aromatic heterocycles. The number of rotatable bonds is 6. The van der Waals surface area contributed by atoms with Gasteiger partial charge in [-0.05, 0) is 54.1 Å². The van der Waals surface area contributed by atoms with Crippen LogP contribution < -0.4 is 10.1 Å². The number of nitrogens with zero attached hydrogens (tertiary/aromatic N) is 4. The lowest BCUT2D eigenvalue weighted by Crippen LogP contribution is -2.17. The lowest BCUT2D eigenvalue weighted by molar-refractivity contribution is 0.0947. The Bertz CT molecular complexity index is 1140. The standard InChI is InChI=1S/C22H18ClN5O2/c1-30-19-10-6-16(7-11-19)20-26-22(25-13-15-4-8-18(23)9-5-15)28(27-20)21(29)17-3-2-12-24-14-17/h2-12,14H,13H2,1H3,(H,25,26,27). The molecule has 0 spiro atoms. The Labute approximate surface area is 178 Å². The van der Waals surface area contributed by atoms with Crippen LogP contribution in [0.15, 0.2) is 73.1 Å². The maximum Gasteiger partial charge on any atom is 0.282 e. The van der Waals surface area contributed by atoms with Crippen LogP contribution in [0.2, 0.25) is 5.02 Å². The summed E-state index contributed by atoms with van der Waals surface area (Å²) in [6, 6.07) is 18.2. The minimum Gasteiger partial charge on any atom is -0.497 e. The summed E-state index contributed by atoms with van der Waals surface area (Å²) >= 11 is 5.95. The van der Waals surface area contributed by atoms with Gasteiger partial charge < -0.3 is 10.1 Å². The van der Waals surface area contributed by atoms with Crippen molar-refractivity contribution in [3.05, 3.63) is 89.2 Å². The van der Waals surface area contributed by atoms with E-state index < -0.39 is 0 Å². The zero-order chi connectivity index (χ0) is 20.9. The van der Waals surface area contributed by atoms with E-state index in [0.717, 1.165) is 16.9 Å². The first-order chi connectivity index (χ1) is 14.6. The summed E-state index contributed by atoms with van der Waals surface area (Å²) in [6.07, 6.45) is 3.11. The fourth-order valence-electron chi connectivity index (χ4n) is 2.83. The van der Waals surface area contributed by atoms with Crippen LogP contribution in [0.25, 0.3) is 11.4 Å². The van der Waals surface area contributed by atoms with Crippen LogP contribution in [0.5, 0.6) is 5.75 Å². The predicted molar refractivity (Wildman–Crippen MR) is 115 cm³/mol. The molecule has 8 heteroatoms. The highest BCUT2D eigenvalue weighted by Crippen LogP contribution is 2.22. The SMILES string of the molecule is COc1ccc(-c2nc(NCc3ccc(Cl)cc3)n(C(=O)c3cccnc3)n2)cc1. The van der Waals surface area contributed by atoms with Gasteiger partial charge in [0.15, 0.2) is 5.82 Å². The van der Waals surface area contributed by atoms with Gasteiger partial charge in [0.1, 0.15) is 5.75 Å². The molecule has 0 fully saturated rings. The van der Waals surface area contributed by atoms with E-state index in [9.17, 15) is 4.79 Å². The predicted octanol–water partition coefficient (Wildman–Crippen LogP) is 4.30. The fourth-order valence-corrected chi connectivity index (χ4v) is 2.95. The molecule has 4 rings (SSSR count). The van der Waals surface area contributed by atoms with E-state index in [2.05, 4.69) is 20.4 Å². The molecular weight excluding hydrogens is 402 g/mol. The molecule has 0 radical (unpaired) electrons. The van der Waals surface area contributed by atoms with Crippen LogP contribution in [-0.2, 0) is 6.54 Å². The highest BCUT2D eigenvalue weighted by atomic mass is 35.5. The van der Waals surface area contributed by atoms with E-state index in [1.54, 1.807) is 25.4 Å². The van der Waals surface area contributed by atoms with Crippen molar-refractivity contribution in [3.63, 3.8) is 0 Å². The molecule has 150 valence electrons. The average molecular weight is 420 g/mol. The van der Waals surface area contributed by atoms with Gasteiger partial charge in [0.25, 0.3) is 5.91 Å². The fraction of sp³-hybridized carbons (Fsp3) is 0.0909. The molecule has 30 heavy (non-hydrogen) atoms. The van der Waals surface area contributed by atoms with Gasteiger partial charge in [0.2, 0.25) is 5.95 Å². The van der Waals surface area contributed by atoms with Crippen molar-refractivity contribution in [1.82, 2.24) is 19.7 Å². The van der Waals surface area contributed by atoms with E-state index in [-0.39, 0.29) is 5.91 Å². The van der Waals surface area contributed by atoms with Crippen LogP contribution in [0.1, 0.15) is 15.9 Å². The smallest absolute Gasteiger partial charge is 0.282 e. The molecule has 7 nitrogen and oxygen atoms in total. The third-order valence-electron chi connectivity index (χ3n) is 4.42. The van der Waals surface area contributed by atoms with Crippen LogP contribution in [0.3, 0.4) is 0 Å². The summed E-state index contributed by atoms with van der Waals surface area (Å²) in [5, 5.41) is 8.30. The van der Waals surface area contributed by atoms with Crippen molar-refractivity contribution in [3.8, 4) is 17.1 Å². The average Bonchev–Trinajstić information content (AvgIpc) is 3.23. The summed E-state index contributed by atoms with van der Waals surface area (Å²) in [5.74, 6) is 1.16. The monoisotopic (exact) mass is 419 g/mol. The van der Waals surface area contributed by atoms with Gasteiger partial charge in [-0.25, -0.2) is 0 Å². The van der Waals surface area contributed by atoms with E-state index >= 15 is 0 Å². The number of anilines is 1. The van der Waals surface area contributed by atoms with Crippen LogP contribution >= 0.6 is 11.6 Å². The first-order valence-electron chi connectivity index (χ1n) is 9.18. The largest absolute Gasteiger partial charge is 0.497 e. The van der Waals surface area contributed by atoms with Gasteiger partial charge in [-0.2, -0.15) is 9.67 Å². The second kappa shape index (κ2) is 8.75. The van der Waals surface area contributed by atoms with E-state index in [1.165, 1.54) is 10.9 Å². The number of carbonyl (C=O) groups is 1. The second-order valence-electron chi connectivity index (χ2n) is 6.43. The maximum absolute atomic E-state index is 13.0. The van der Waals surface area contributed by atoms with Crippen molar-refractivity contribution in [2.45, 2.75) is 6.54 Å². The summed E-state index contributed by atoms with van der Waals surface area (Å²) in [5.41, 5.74) is 2.18. The molecule has 0 atom stereocenters. The van der Waals surface area contributed by atoms with Crippen LogP contribution in [0.4, 0.5) is 5.95 Å². The maximum atomic E-state index is 13.0. The molecule has 0 saturated carbocycles. The molecule has 0 amide bonds. The topological polar surface area (TPSA) is 81.9 Å². The minimum atomic E-state index is -0.325. The molecule has 0 bridgehead atoms. The number of hydrogen-bond donors (Lipinski definition) is 1. The van der Waals surface area contributed by atoms with Crippen molar-refractivity contribution >= 4 is 23.5 Å². The van der Waals surface area contributed by atoms with Crippen molar-refractivity contribution in [1.29, 1.82) is 0 Å². The minimum absolute atomic E-state index is 0.325. The molecule has 0 aliphatic carbocycles. The van der Waals surface area contributed by atoms with Crippen LogP contribution in [-0.4, -0.2) is 32.8 Å². The molecule has 0 aliphatic heterocycles. The Morgan fingerprint density at radius 3 is 2.53 bits per heavy atom. The van der Waals surface area contributed by atoms with Gasteiger partial charge in [0.05, 0.1) is 12.7 Å². The van der Waals surface area contributed by atoms with E-state index in [0.29, 0.717) is 28.9 Å². The Morgan fingerprint density at radius 2 is 1.87 bits per heavy atom. The highest BCUT2D eigenvalue weighted by Gasteiger charge is 2.19. The van der Waals surface area contributed by atoms with E-state index in [4.69, 9.17) is 16.3 Å². The zero-order valence-corrected chi connectivity index (χ0v) is 16.9. The van der Waals surface area contributed by atoms with Crippen molar-refractivity contribution < 1.29 is 9.53 Å². The molecular formula is C22H18ClN5O2. The Hall–Kier alpha value is -3.71. The van der Waals surface area contributed by atoms with Gasteiger partial charge in [-0.1, -0.05) is 23.7 Å². The number of hydrogen-bond acceptors (Lipinski definition) is 6. The molecule has 2 heterocycles. The zero-order valence-electron chi connectivity index (χ0n) is 16.1. The van der Waals surface area contributed by atoms with Crippen molar-refractivity contribution in [2.75, 3.05) is 12.4 Å². The van der Waals surface area contributed by atoms with E-state index in [1.807, 2.05) is 48.5 Å². The number of benzene rings is 2. The number of methoxy groups -OCH3 is 1. The number of ether oxygens (including phenoxy) is 1. The normalized spacial score (nSPS) is 10.6. The molecule has 2 aromatic carbocycles. The number of pyridine rings is 1. The first-order valence-corrected chi connectivity index (χ1v) is 9.56. The summed E-state index contributed by atoms with van der Waals surface area (Å²) in [4.78, 5) is 21.6. The second-order valence-corrected chi connectivity index (χ2v) is 6.86. The van der Waals surface area contributed by atoms with Gasteiger partial charge in [-0.3, -0.25) is 9.78 Å². The van der Waals surface area contributed by atoms with Gasteiger partial charge in [0, 0.05) is 29.5 Å². The van der Waals surface area contributed by atoms with Crippen molar-refractivity contribution in [2.24, 2.45) is 0 Å². The number of halogens is 1. The number of carbonyl (C=O) groups excluding carboxylic acids is 1. The Kier molecular flexibility index (Phi) is 5.72. The quantitative estimate of drug-likeness (QED) is 0.501. The number of aromatic nitrogens is 4. The first kappa shape index (κ1) is 19.6. The number of nitrogens with one attached hydrogen (secondary N) is 1. The van der Waals surface area contributed by atoms with Gasteiger partial charge >= 0.3 is 0 Å². The summed E-state index contributed by atoms with van der Waals surface area (Å²) in [7, 11) is 1.60. The summed E-state index contributed by atoms with van der Waals surface area (Å²) < 4.78 is 6.45. The third kappa shape index (κ3) is 4.31. The summed E-state index contributed by atoms with van der Waals surface area (Å²) in [6.45, 7) is 0.457. The molecule has 1 N–H and O–H groups in total. The molecule has 0 unspecified atom stereocenters. The van der Waals surface area contributed by atoms with Crippen LogP contribution in [0, 0.1) is 0 Å². The third-order valence-corrected chi connectivity index (χ3v) is 4.67. The Morgan fingerprint density at radius 1 is 1.10 bits per heavy atom. The Balaban J connectivity index is 1.67. The van der Waals surface area contributed by atoms with Gasteiger partial charge in [-0.15, -0.1) is 5.10 Å². The lowest BCUT2D eigenvalue weighted by Gasteiger charge is -2.07. The molecule has 0 saturated heterocycles.